The van der Waals surface area contributed by atoms with Crippen LogP contribution in [0.4, 0.5) is 4.79 Å². The first kappa shape index (κ1) is 28.4. The zero-order valence-corrected chi connectivity index (χ0v) is 25.0. The van der Waals surface area contributed by atoms with Crippen LogP contribution in [0.15, 0.2) is 36.5 Å². The Morgan fingerprint density at radius 1 is 1.22 bits per heavy atom. The molecule has 1 unspecified atom stereocenters. The van der Waals surface area contributed by atoms with Gasteiger partial charge in [0, 0.05) is 49.4 Å². The quantitative estimate of drug-likeness (QED) is 0.327. The summed E-state index contributed by atoms with van der Waals surface area (Å²) in [6, 6.07) is 9.42. The summed E-state index contributed by atoms with van der Waals surface area (Å²) >= 11 is 0. The lowest BCUT2D eigenvalue weighted by Crippen LogP contribution is -2.57. The molecule has 1 aromatic carbocycles. The van der Waals surface area contributed by atoms with Crippen molar-refractivity contribution in [2.24, 2.45) is 13.0 Å². The Hall–Kier alpha value is -4.08. The number of pyridine rings is 1. The van der Waals surface area contributed by atoms with Gasteiger partial charge in [0.15, 0.2) is 5.82 Å². The lowest BCUT2D eigenvalue weighted by molar-refractivity contribution is 0.0315. The molecule has 1 aliphatic heterocycles. The summed E-state index contributed by atoms with van der Waals surface area (Å²) in [6.07, 6.45) is 2.29. The maximum Gasteiger partial charge on any atom is 0.408 e. The number of imidazole rings is 1. The van der Waals surface area contributed by atoms with E-state index in [0.717, 1.165) is 47.5 Å². The van der Waals surface area contributed by atoms with E-state index in [1.807, 2.05) is 44.5 Å². The number of benzene rings is 1. The standard InChI is InChI=1S/C31H40N6O4/c1-19(2)17-36-24(15-20-10-8-12-32-27(20)36)28-33-23-14-21(16-25(41-7)26(23)34(28)6)29(38)35-13-9-11-22(18-35)37(30(39)40)31(3,4)5/h8,10,12,14-16,19,22H,9,11,13,17-18H2,1-7H3,(H,39,40). The minimum atomic E-state index is -0.967. The van der Waals surface area contributed by atoms with E-state index in [1.54, 1.807) is 24.3 Å². The topological polar surface area (TPSA) is 106 Å². The Labute approximate surface area is 240 Å². The maximum absolute atomic E-state index is 13.8. The third-order valence-corrected chi connectivity index (χ3v) is 7.81. The van der Waals surface area contributed by atoms with Gasteiger partial charge in [0.25, 0.3) is 5.91 Å². The number of aromatic nitrogens is 4. The number of piperidine rings is 1. The van der Waals surface area contributed by atoms with E-state index in [4.69, 9.17) is 9.72 Å². The van der Waals surface area contributed by atoms with Gasteiger partial charge in [0.1, 0.15) is 16.9 Å². The van der Waals surface area contributed by atoms with Crippen molar-refractivity contribution >= 4 is 34.1 Å². The van der Waals surface area contributed by atoms with E-state index in [0.29, 0.717) is 35.8 Å². The maximum atomic E-state index is 13.8. The summed E-state index contributed by atoms with van der Waals surface area (Å²) in [6.45, 7) is 11.7. The molecule has 4 aromatic rings. The second-order valence-electron chi connectivity index (χ2n) is 12.4. The van der Waals surface area contributed by atoms with Gasteiger partial charge >= 0.3 is 6.09 Å². The average molecular weight is 561 g/mol. The van der Waals surface area contributed by atoms with Crippen molar-refractivity contribution in [3.05, 3.63) is 42.1 Å². The molecule has 41 heavy (non-hydrogen) atoms. The number of carbonyl (C=O) groups excluding carboxylic acids is 1. The second-order valence-corrected chi connectivity index (χ2v) is 12.4. The van der Waals surface area contributed by atoms with Crippen LogP contribution in [0.2, 0.25) is 0 Å². The summed E-state index contributed by atoms with van der Waals surface area (Å²) in [5.41, 5.74) is 3.24. The number of aryl methyl sites for hydroxylation is 1. The third-order valence-electron chi connectivity index (χ3n) is 7.81. The summed E-state index contributed by atoms with van der Waals surface area (Å²) < 4.78 is 10.0. The van der Waals surface area contributed by atoms with Crippen molar-refractivity contribution in [1.29, 1.82) is 0 Å². The number of likely N-dealkylation sites (tertiary alicyclic amines) is 1. The normalized spacial score (nSPS) is 16.1. The number of rotatable bonds is 6. The van der Waals surface area contributed by atoms with Gasteiger partial charge < -0.3 is 23.9 Å². The molecule has 2 amide bonds. The zero-order chi connectivity index (χ0) is 29.6. The smallest absolute Gasteiger partial charge is 0.408 e. The molecule has 10 nitrogen and oxygen atoms in total. The SMILES string of the molecule is COc1cc(C(=O)N2CCCC(N(C(=O)O)C(C)(C)C)C2)cc2nc(-c3cc4cccnc4n3CC(C)C)n(C)c12. The van der Waals surface area contributed by atoms with Gasteiger partial charge in [-0.2, -0.15) is 0 Å². The minimum absolute atomic E-state index is 0.153. The highest BCUT2D eigenvalue weighted by Gasteiger charge is 2.37. The van der Waals surface area contributed by atoms with Crippen LogP contribution in [-0.2, 0) is 13.6 Å². The molecule has 4 heterocycles. The van der Waals surface area contributed by atoms with Crippen LogP contribution in [0.1, 0.15) is 57.8 Å². The van der Waals surface area contributed by atoms with Gasteiger partial charge in [0.05, 0.1) is 24.4 Å². The molecule has 0 spiro atoms. The Morgan fingerprint density at radius 2 is 1.98 bits per heavy atom. The van der Waals surface area contributed by atoms with Crippen LogP contribution in [0.5, 0.6) is 5.75 Å². The molecule has 218 valence electrons. The van der Waals surface area contributed by atoms with Gasteiger partial charge in [-0.15, -0.1) is 0 Å². The van der Waals surface area contributed by atoms with Crippen molar-refractivity contribution in [3.8, 4) is 17.3 Å². The van der Waals surface area contributed by atoms with Crippen molar-refractivity contribution < 1.29 is 19.4 Å². The van der Waals surface area contributed by atoms with Gasteiger partial charge in [-0.25, -0.2) is 14.8 Å². The van der Waals surface area contributed by atoms with Gasteiger partial charge in [0.2, 0.25) is 0 Å². The number of nitrogens with zero attached hydrogens (tertiary/aromatic N) is 6. The fraction of sp³-hybridized carbons (Fsp3) is 0.484. The van der Waals surface area contributed by atoms with Crippen LogP contribution in [-0.4, -0.2) is 77.8 Å². The number of amides is 2. The molecule has 0 bridgehead atoms. The molecule has 0 aliphatic carbocycles. The molecule has 1 N–H and O–H groups in total. The number of ether oxygens (including phenoxy) is 1. The molecule has 0 radical (unpaired) electrons. The molecule has 10 heteroatoms. The van der Waals surface area contributed by atoms with Gasteiger partial charge in [-0.1, -0.05) is 13.8 Å². The lowest BCUT2D eigenvalue weighted by atomic mass is 9.97. The first-order valence-electron chi connectivity index (χ1n) is 14.2. The van der Waals surface area contributed by atoms with Crippen molar-refractivity contribution in [2.45, 2.75) is 65.6 Å². The van der Waals surface area contributed by atoms with Crippen LogP contribution in [0, 0.1) is 5.92 Å². The van der Waals surface area contributed by atoms with Crippen molar-refractivity contribution in [2.75, 3.05) is 20.2 Å². The lowest BCUT2D eigenvalue weighted by Gasteiger charge is -2.44. The second kappa shape index (κ2) is 10.7. The number of hydrogen-bond acceptors (Lipinski definition) is 5. The predicted molar refractivity (Wildman–Crippen MR) is 159 cm³/mol. The molecule has 1 fully saturated rings. The van der Waals surface area contributed by atoms with E-state index in [9.17, 15) is 14.7 Å². The summed E-state index contributed by atoms with van der Waals surface area (Å²) in [5, 5.41) is 11.0. The highest BCUT2D eigenvalue weighted by atomic mass is 16.5. The molecule has 5 rings (SSSR count). The summed E-state index contributed by atoms with van der Waals surface area (Å²) in [5.74, 6) is 1.58. The zero-order valence-electron chi connectivity index (χ0n) is 25.0. The minimum Gasteiger partial charge on any atom is -0.494 e. The monoisotopic (exact) mass is 560 g/mol. The van der Waals surface area contributed by atoms with E-state index in [1.165, 1.54) is 4.90 Å². The predicted octanol–water partition coefficient (Wildman–Crippen LogP) is 5.64. The van der Waals surface area contributed by atoms with Crippen LogP contribution in [0.25, 0.3) is 33.6 Å². The van der Waals surface area contributed by atoms with Crippen molar-refractivity contribution in [1.82, 2.24) is 28.9 Å². The van der Waals surface area contributed by atoms with E-state index in [-0.39, 0.29) is 11.9 Å². The Kier molecular flexibility index (Phi) is 7.44. The third kappa shape index (κ3) is 5.23. The summed E-state index contributed by atoms with van der Waals surface area (Å²) in [4.78, 5) is 38.8. The van der Waals surface area contributed by atoms with E-state index >= 15 is 0 Å². The highest BCUT2D eigenvalue weighted by molar-refractivity contribution is 6.00. The molecule has 1 atom stereocenters. The largest absolute Gasteiger partial charge is 0.494 e. The first-order chi connectivity index (χ1) is 19.4. The molecule has 1 saturated heterocycles. The fourth-order valence-corrected chi connectivity index (χ4v) is 6.16. The van der Waals surface area contributed by atoms with E-state index < -0.39 is 11.6 Å². The first-order valence-corrected chi connectivity index (χ1v) is 14.2. The number of carbonyl (C=O) groups is 2. The van der Waals surface area contributed by atoms with Crippen LogP contribution >= 0.6 is 0 Å². The number of methoxy groups -OCH3 is 1. The summed E-state index contributed by atoms with van der Waals surface area (Å²) in [7, 11) is 3.56. The Bertz CT molecular complexity index is 1610. The molecule has 3 aromatic heterocycles. The fourth-order valence-electron chi connectivity index (χ4n) is 6.16. The number of fused-ring (bicyclic) bond motifs is 2. The number of carboxylic acid groups (broad SMARTS) is 1. The molecular weight excluding hydrogens is 520 g/mol. The van der Waals surface area contributed by atoms with Crippen molar-refractivity contribution in [3.63, 3.8) is 0 Å². The Balaban J connectivity index is 1.54. The van der Waals surface area contributed by atoms with Crippen LogP contribution < -0.4 is 4.74 Å². The average Bonchev–Trinajstić information content (AvgIpc) is 3.43. The van der Waals surface area contributed by atoms with E-state index in [2.05, 4.69) is 35.5 Å². The number of hydrogen-bond donors (Lipinski definition) is 1. The van der Waals surface area contributed by atoms with Gasteiger partial charge in [-0.3, -0.25) is 9.69 Å². The molecular formula is C31H40N6O4. The Morgan fingerprint density at radius 3 is 2.63 bits per heavy atom. The van der Waals surface area contributed by atoms with Gasteiger partial charge in [-0.05, 0) is 69.9 Å². The molecule has 1 aliphatic rings. The van der Waals surface area contributed by atoms with Crippen LogP contribution in [0.3, 0.4) is 0 Å². The molecule has 0 saturated carbocycles. The highest BCUT2D eigenvalue weighted by Crippen LogP contribution is 2.35.